The van der Waals surface area contributed by atoms with E-state index in [1.807, 2.05) is 100 Å². The van der Waals surface area contributed by atoms with Crippen LogP contribution < -0.4 is 50.3 Å². The standard InChI is InChI=1S/2C23H23N7O3S.2C22H21N7O2S/c1-32-23-26-9-6-15(27-23)5-8-25-21(31)16-14-34-22-18(16)20(30-10-12-33-13-11-30)28-19(29-22)17-4-2-3-7-24-17;1-32-23-26-12-15(13-27-23)5-7-25-21(31)16-14-34-22-18(16)20(30-8-10-33-11-9-30)28-19(29-22)17-4-2-3-6-24-17;30-21(25-8-5-15-4-7-23-14-26-15)16-13-32-22-18(16)20(29-9-11-31-12-10-29)27-19(28-22)17-3-1-2-6-24-17;30-21(26-6-4-15-11-23-14-24-12-15)16-13-32-22-18(16)20(29-7-9-31-10-8-29)27-19(28-22)17-3-1-2-5-25-17/h2-4,6-7,9,14H,5,8,10-13H2,1H3,(H,25,31);2-4,6,12-14H,5,7-11H2,1H3,(H,25,31);1-4,6-7,13-14H,5,8-12H2,(H,25,30);1-3,5,11-14H,4,6-10H2,(H,26,30). The van der Waals surface area contributed by atoms with Gasteiger partial charge in [0.25, 0.3) is 23.6 Å². The van der Waals surface area contributed by atoms with Crippen molar-refractivity contribution >= 4 is 133 Å². The number of anilines is 4. The maximum absolute atomic E-state index is 13.2. The van der Waals surface area contributed by atoms with Crippen molar-refractivity contribution in [3.05, 3.63) is 226 Å². The van der Waals surface area contributed by atoms with Crippen molar-refractivity contribution in [1.82, 2.24) is 121 Å². The molecular weight excluding hydrogens is 1760 g/mol. The van der Waals surface area contributed by atoms with E-state index in [9.17, 15) is 19.2 Å². The van der Waals surface area contributed by atoms with Crippen molar-refractivity contribution < 1.29 is 47.6 Å². The lowest BCUT2D eigenvalue weighted by Crippen LogP contribution is -2.37. The summed E-state index contributed by atoms with van der Waals surface area (Å²) in [5, 5.41) is 22.5. The molecule has 42 heteroatoms. The molecule has 4 amide bonds. The van der Waals surface area contributed by atoms with Crippen molar-refractivity contribution in [1.29, 1.82) is 0 Å². The molecule has 0 bridgehead atoms. The van der Waals surface area contributed by atoms with Gasteiger partial charge in [0.15, 0.2) is 23.3 Å². The Balaban J connectivity index is 0.000000123. The fourth-order valence-corrected chi connectivity index (χ4v) is 18.2. The molecule has 0 spiro atoms. The number of methoxy groups -OCH3 is 2. The largest absolute Gasteiger partial charge is 0.467 e. The molecular formula is C90H88N28O10S4. The number of fused-ring (bicyclic) bond motifs is 4. The number of amides is 4. The fraction of sp³-hybridized carbons (Fsp3) is 0.289. The number of ether oxygens (including phenoxy) is 6. The minimum atomic E-state index is -0.170. The van der Waals surface area contributed by atoms with Crippen molar-refractivity contribution in [2.75, 3.05) is 165 Å². The minimum absolute atomic E-state index is 0.142. The fourth-order valence-electron chi connectivity index (χ4n) is 14.6. The minimum Gasteiger partial charge on any atom is -0.467 e. The van der Waals surface area contributed by atoms with Crippen LogP contribution in [0.4, 0.5) is 23.3 Å². The summed E-state index contributed by atoms with van der Waals surface area (Å²) in [5.41, 5.74) is 8.65. The zero-order valence-corrected chi connectivity index (χ0v) is 75.0. The van der Waals surface area contributed by atoms with Gasteiger partial charge in [0.05, 0.1) is 111 Å². The molecule has 20 rings (SSSR count). The highest BCUT2D eigenvalue weighted by molar-refractivity contribution is 7.18. The molecule has 672 valence electrons. The second kappa shape index (κ2) is 44.3. The van der Waals surface area contributed by atoms with E-state index in [1.54, 1.807) is 68.0 Å². The molecule has 0 aliphatic carbocycles. The molecule has 16 aromatic rings. The molecule has 16 aromatic heterocycles. The molecule has 4 fully saturated rings. The van der Waals surface area contributed by atoms with Crippen LogP contribution in [0.5, 0.6) is 12.0 Å². The third kappa shape index (κ3) is 22.2. The Kier molecular flexibility index (Phi) is 30.0. The van der Waals surface area contributed by atoms with E-state index in [0.717, 1.165) is 86.7 Å². The lowest BCUT2D eigenvalue weighted by molar-refractivity contribution is 0.0947. The first-order valence-electron chi connectivity index (χ1n) is 42.5. The van der Waals surface area contributed by atoms with Gasteiger partial charge in [0, 0.05) is 186 Å². The van der Waals surface area contributed by atoms with Gasteiger partial charge in [-0.1, -0.05) is 24.3 Å². The van der Waals surface area contributed by atoms with Crippen LogP contribution in [-0.2, 0) is 44.6 Å². The number of carbonyl (C=O) groups is 4. The number of aromatic nitrogens is 20. The third-order valence-electron chi connectivity index (χ3n) is 21.2. The Morgan fingerprint density at radius 2 is 0.652 bits per heavy atom. The Hall–Kier alpha value is -14.4. The predicted octanol–water partition coefficient (Wildman–Crippen LogP) is 9.43. The number of rotatable bonds is 26. The molecule has 4 aliphatic rings. The average molecular weight is 1850 g/mol. The Labute approximate surface area is 771 Å². The first-order chi connectivity index (χ1) is 65.0. The van der Waals surface area contributed by atoms with Crippen LogP contribution in [0.25, 0.3) is 86.9 Å². The smallest absolute Gasteiger partial charge is 0.316 e. The van der Waals surface area contributed by atoms with Gasteiger partial charge >= 0.3 is 12.0 Å². The van der Waals surface area contributed by atoms with Crippen LogP contribution in [-0.4, -0.2) is 269 Å². The summed E-state index contributed by atoms with van der Waals surface area (Å²) >= 11 is 5.74. The van der Waals surface area contributed by atoms with E-state index in [4.69, 9.17) is 68.3 Å². The number of nitrogens with zero attached hydrogens (tertiary/aromatic N) is 24. The Morgan fingerprint density at radius 1 is 0.326 bits per heavy atom. The van der Waals surface area contributed by atoms with Crippen molar-refractivity contribution in [2.45, 2.75) is 25.7 Å². The molecule has 38 nitrogen and oxygen atoms in total. The van der Waals surface area contributed by atoms with E-state index in [0.29, 0.717) is 237 Å². The molecule has 4 saturated heterocycles. The summed E-state index contributed by atoms with van der Waals surface area (Å²) in [7, 11) is 3.05. The van der Waals surface area contributed by atoms with Gasteiger partial charge < -0.3 is 69.3 Å². The van der Waals surface area contributed by atoms with Crippen molar-refractivity contribution in [2.24, 2.45) is 0 Å². The molecule has 132 heavy (non-hydrogen) atoms. The predicted molar refractivity (Wildman–Crippen MR) is 500 cm³/mol. The Bertz CT molecular complexity index is 6370. The van der Waals surface area contributed by atoms with Crippen LogP contribution in [0.15, 0.2) is 181 Å². The highest BCUT2D eigenvalue weighted by atomic mass is 32.1. The van der Waals surface area contributed by atoms with Crippen molar-refractivity contribution in [3.63, 3.8) is 0 Å². The van der Waals surface area contributed by atoms with Crippen LogP contribution in [0.3, 0.4) is 0 Å². The van der Waals surface area contributed by atoms with Gasteiger partial charge in [0.1, 0.15) is 78.0 Å². The molecule has 0 atom stereocenters. The SMILES string of the molecule is COc1ncc(CCNC(=O)c2csc3nc(-c4ccccn4)nc(N4CCOCC4)c23)cn1.COc1nccc(CCNC(=O)c2csc3nc(-c4ccccn4)nc(N4CCOCC4)c23)n1.O=C(NCCc1ccncn1)c1csc2nc(-c3ccccn3)nc(N3CCOCC3)c12.O=C(NCCc1cncnc1)c1csc2nc(-c3ccccn3)nc(N3CCOCC3)c12. The normalized spacial score (nSPS) is 13.8. The number of thiophene rings is 4. The molecule has 4 N–H and O–H groups in total. The summed E-state index contributed by atoms with van der Waals surface area (Å²) in [6, 6.07) is 26.9. The summed E-state index contributed by atoms with van der Waals surface area (Å²) in [5.74, 6) is 4.55. The Morgan fingerprint density at radius 3 is 0.970 bits per heavy atom. The van der Waals surface area contributed by atoms with Gasteiger partial charge in [-0.2, -0.15) is 0 Å². The summed E-state index contributed by atoms with van der Waals surface area (Å²) in [4.78, 5) is 153. The number of nitrogens with one attached hydrogen (secondary N) is 4. The molecule has 4 aliphatic heterocycles. The van der Waals surface area contributed by atoms with E-state index >= 15 is 0 Å². The highest BCUT2D eigenvalue weighted by Crippen LogP contribution is 2.40. The van der Waals surface area contributed by atoms with Crippen molar-refractivity contribution in [3.8, 4) is 58.1 Å². The molecule has 0 aromatic carbocycles. The first-order valence-corrected chi connectivity index (χ1v) is 46.0. The van der Waals surface area contributed by atoms with Gasteiger partial charge in [0.2, 0.25) is 0 Å². The van der Waals surface area contributed by atoms with Crippen LogP contribution in [0, 0.1) is 0 Å². The van der Waals surface area contributed by atoms with Crippen LogP contribution in [0.2, 0.25) is 0 Å². The lowest BCUT2D eigenvalue weighted by atomic mass is 10.2. The van der Waals surface area contributed by atoms with Gasteiger partial charge in [-0.15, -0.1) is 45.3 Å². The first kappa shape index (κ1) is 89.6. The van der Waals surface area contributed by atoms with E-state index in [1.165, 1.54) is 72.2 Å². The number of morpholine rings is 4. The van der Waals surface area contributed by atoms with Gasteiger partial charge in [-0.05, 0) is 84.6 Å². The zero-order chi connectivity index (χ0) is 90.2. The molecule has 0 saturated carbocycles. The number of carbonyl (C=O) groups excluding carboxylic acids is 4. The lowest BCUT2D eigenvalue weighted by Gasteiger charge is -2.28. The van der Waals surface area contributed by atoms with E-state index < -0.39 is 0 Å². The zero-order valence-electron chi connectivity index (χ0n) is 71.7. The maximum atomic E-state index is 13.2. The van der Waals surface area contributed by atoms with E-state index in [-0.39, 0.29) is 23.6 Å². The summed E-state index contributed by atoms with van der Waals surface area (Å²) in [6.07, 6.45) is 22.6. The topological polar surface area (TPSA) is 443 Å². The monoisotopic (exact) mass is 1850 g/mol. The average Bonchev–Trinajstić information content (AvgIpc) is 1.60. The van der Waals surface area contributed by atoms with Crippen LogP contribution in [0.1, 0.15) is 63.9 Å². The summed E-state index contributed by atoms with van der Waals surface area (Å²) in [6.45, 7) is 12.4. The van der Waals surface area contributed by atoms with E-state index in [2.05, 4.69) is 101 Å². The third-order valence-corrected chi connectivity index (χ3v) is 24.7. The second-order valence-corrected chi connectivity index (χ2v) is 33.1. The molecule has 0 radical (unpaired) electrons. The molecule has 20 heterocycles. The number of hydrogen-bond donors (Lipinski definition) is 4. The van der Waals surface area contributed by atoms with Gasteiger partial charge in [-0.3, -0.25) is 39.1 Å². The highest BCUT2D eigenvalue weighted by Gasteiger charge is 2.31. The summed E-state index contributed by atoms with van der Waals surface area (Å²) < 4.78 is 32.1. The molecule has 0 unspecified atom stereocenters. The van der Waals surface area contributed by atoms with Gasteiger partial charge in [-0.25, -0.2) is 79.7 Å². The quantitative estimate of drug-likeness (QED) is 0.0392. The number of pyridine rings is 4. The maximum Gasteiger partial charge on any atom is 0.316 e. The second-order valence-electron chi connectivity index (χ2n) is 29.6. The van der Waals surface area contributed by atoms with Crippen LogP contribution >= 0.6 is 45.3 Å². The number of hydrogen-bond acceptors (Lipinski definition) is 38.